The van der Waals surface area contributed by atoms with Crippen molar-refractivity contribution in [2.45, 2.75) is 109 Å². The van der Waals surface area contributed by atoms with Gasteiger partial charge in [0.2, 0.25) is 0 Å². The zero-order chi connectivity index (χ0) is 23.3. The zero-order valence-electron chi connectivity index (χ0n) is 20.0. The summed E-state index contributed by atoms with van der Waals surface area (Å²) >= 11 is 0. The van der Waals surface area contributed by atoms with E-state index in [0.29, 0.717) is 37.5 Å². The highest BCUT2D eigenvalue weighted by molar-refractivity contribution is 5.03. The summed E-state index contributed by atoms with van der Waals surface area (Å²) in [6.45, 7) is 1.45. The van der Waals surface area contributed by atoms with Crippen LogP contribution in [0.4, 0.5) is 17.6 Å². The summed E-state index contributed by atoms with van der Waals surface area (Å²) in [5.41, 5.74) is 0. The van der Waals surface area contributed by atoms with Gasteiger partial charge in [-0.3, -0.25) is 0 Å². The molecule has 3 saturated carbocycles. The minimum atomic E-state index is -4.58. The molecule has 33 heavy (non-hydrogen) atoms. The molecule has 4 rings (SSSR count). The van der Waals surface area contributed by atoms with Gasteiger partial charge in [0.25, 0.3) is 0 Å². The topological polar surface area (TPSA) is 18.5 Å². The molecule has 1 heterocycles. The van der Waals surface area contributed by atoms with Crippen molar-refractivity contribution in [2.75, 3.05) is 13.2 Å². The normalized spacial score (nSPS) is 37.8. The van der Waals surface area contributed by atoms with Crippen molar-refractivity contribution in [2.24, 2.45) is 35.5 Å². The van der Waals surface area contributed by atoms with Gasteiger partial charge < -0.3 is 9.47 Å². The quantitative estimate of drug-likeness (QED) is 0.360. The summed E-state index contributed by atoms with van der Waals surface area (Å²) in [5, 5.41) is 0. The second-order valence-corrected chi connectivity index (χ2v) is 11.3. The number of hydrogen-bond acceptors (Lipinski definition) is 2. The van der Waals surface area contributed by atoms with E-state index in [4.69, 9.17) is 9.47 Å². The maximum atomic E-state index is 13.9. The Kier molecular flexibility index (Phi) is 9.17. The van der Waals surface area contributed by atoms with Gasteiger partial charge in [-0.2, -0.15) is 13.2 Å². The minimum absolute atomic E-state index is 0.163. The molecule has 0 bridgehead atoms. The fourth-order valence-electron chi connectivity index (χ4n) is 6.91. The Labute approximate surface area is 196 Å². The molecule has 4 aliphatic rings. The average Bonchev–Trinajstić information content (AvgIpc) is 2.83. The highest BCUT2D eigenvalue weighted by Crippen LogP contribution is 2.41. The van der Waals surface area contributed by atoms with E-state index < -0.39 is 17.9 Å². The number of alkyl halides is 3. The average molecular weight is 475 g/mol. The Morgan fingerprint density at radius 3 is 1.79 bits per heavy atom. The van der Waals surface area contributed by atoms with Gasteiger partial charge in [0.05, 0.1) is 19.3 Å². The molecule has 4 fully saturated rings. The molecule has 0 spiro atoms. The van der Waals surface area contributed by atoms with Crippen molar-refractivity contribution in [3.05, 3.63) is 11.9 Å². The van der Waals surface area contributed by atoms with Gasteiger partial charge in [0.15, 0.2) is 6.29 Å². The Bertz CT molecular complexity index is 604. The van der Waals surface area contributed by atoms with Crippen LogP contribution in [0.2, 0.25) is 0 Å². The first kappa shape index (κ1) is 25.5. The van der Waals surface area contributed by atoms with Crippen LogP contribution in [0.1, 0.15) is 96.3 Å². The fourth-order valence-corrected chi connectivity index (χ4v) is 6.91. The van der Waals surface area contributed by atoms with Crippen LogP contribution in [0.5, 0.6) is 0 Å². The van der Waals surface area contributed by atoms with Crippen LogP contribution in [0.25, 0.3) is 0 Å². The summed E-state index contributed by atoms with van der Waals surface area (Å²) in [5.74, 6) is 1.56. The van der Waals surface area contributed by atoms with E-state index in [9.17, 15) is 17.6 Å². The summed E-state index contributed by atoms with van der Waals surface area (Å²) in [6, 6.07) is 0. The smallest absolute Gasteiger partial charge is 0.352 e. The first-order valence-corrected chi connectivity index (χ1v) is 13.6. The van der Waals surface area contributed by atoms with E-state index in [-0.39, 0.29) is 18.3 Å². The van der Waals surface area contributed by atoms with Crippen molar-refractivity contribution >= 4 is 0 Å². The van der Waals surface area contributed by atoms with E-state index in [1.807, 2.05) is 0 Å². The molecule has 190 valence electrons. The van der Waals surface area contributed by atoms with Gasteiger partial charge >= 0.3 is 6.18 Å². The first-order valence-electron chi connectivity index (χ1n) is 13.6. The lowest BCUT2D eigenvalue weighted by molar-refractivity contribution is -0.237. The van der Waals surface area contributed by atoms with Gasteiger partial charge in [0, 0.05) is 17.8 Å². The summed E-state index contributed by atoms with van der Waals surface area (Å²) in [6.07, 6.45) is 12.5. The predicted molar refractivity (Wildman–Crippen MR) is 121 cm³/mol. The van der Waals surface area contributed by atoms with Crippen LogP contribution < -0.4 is 0 Å². The molecule has 0 amide bonds. The minimum Gasteiger partial charge on any atom is -0.352 e. The molecule has 0 radical (unpaired) electrons. The van der Waals surface area contributed by atoms with E-state index in [1.165, 1.54) is 70.6 Å². The number of ether oxygens (including phenoxy) is 2. The Balaban J connectivity index is 1.12. The van der Waals surface area contributed by atoms with Crippen LogP contribution in [0, 0.1) is 35.5 Å². The zero-order valence-corrected chi connectivity index (χ0v) is 20.0. The lowest BCUT2D eigenvalue weighted by Crippen LogP contribution is -2.41. The number of hydrogen-bond donors (Lipinski definition) is 0. The third-order valence-corrected chi connectivity index (χ3v) is 9.06. The summed E-state index contributed by atoms with van der Waals surface area (Å²) < 4.78 is 63.3. The van der Waals surface area contributed by atoms with Crippen molar-refractivity contribution in [3.63, 3.8) is 0 Å². The molecule has 0 aromatic heterocycles. The van der Waals surface area contributed by atoms with Crippen molar-refractivity contribution in [1.29, 1.82) is 0 Å². The second-order valence-electron chi connectivity index (χ2n) is 11.3. The Hall–Kier alpha value is -0.620. The van der Waals surface area contributed by atoms with Crippen LogP contribution >= 0.6 is 0 Å². The predicted octanol–water partition coefficient (Wildman–Crippen LogP) is 8.36. The van der Waals surface area contributed by atoms with E-state index in [0.717, 1.165) is 25.0 Å². The lowest BCUT2D eigenvalue weighted by atomic mass is 9.73. The van der Waals surface area contributed by atoms with Gasteiger partial charge in [-0.1, -0.05) is 57.8 Å². The Morgan fingerprint density at radius 2 is 1.21 bits per heavy atom. The molecule has 0 unspecified atom stereocenters. The molecule has 6 heteroatoms. The van der Waals surface area contributed by atoms with Crippen LogP contribution in [-0.4, -0.2) is 25.7 Å². The molecule has 3 aliphatic carbocycles. The molecule has 0 atom stereocenters. The Morgan fingerprint density at radius 1 is 0.667 bits per heavy atom. The van der Waals surface area contributed by atoms with Crippen molar-refractivity contribution in [1.82, 2.24) is 0 Å². The second kappa shape index (κ2) is 11.9. The molecular formula is C27H42F4O2. The van der Waals surface area contributed by atoms with Crippen LogP contribution in [0.3, 0.4) is 0 Å². The fraction of sp³-hybridized carbons (Fsp3) is 0.926. The van der Waals surface area contributed by atoms with Gasteiger partial charge in [-0.05, 0) is 56.3 Å². The van der Waals surface area contributed by atoms with Crippen molar-refractivity contribution < 1.29 is 27.0 Å². The third kappa shape index (κ3) is 7.68. The molecule has 1 aliphatic heterocycles. The molecule has 1 saturated heterocycles. The molecule has 0 aromatic carbocycles. The molecule has 0 aromatic rings. The first-order chi connectivity index (χ1) is 15.9. The molecular weight excluding hydrogens is 432 g/mol. The third-order valence-electron chi connectivity index (χ3n) is 9.06. The highest BCUT2D eigenvalue weighted by Gasteiger charge is 2.37. The summed E-state index contributed by atoms with van der Waals surface area (Å²) in [4.78, 5) is 0. The summed E-state index contributed by atoms with van der Waals surface area (Å²) in [7, 11) is 0. The maximum Gasteiger partial charge on any atom is 0.412 e. The van der Waals surface area contributed by atoms with E-state index in [1.54, 1.807) is 0 Å². The number of allylic oxidation sites excluding steroid dienone is 2. The molecule has 2 nitrogen and oxygen atoms in total. The van der Waals surface area contributed by atoms with Gasteiger partial charge in [-0.25, -0.2) is 4.39 Å². The monoisotopic (exact) mass is 474 g/mol. The van der Waals surface area contributed by atoms with Crippen LogP contribution in [-0.2, 0) is 9.47 Å². The van der Waals surface area contributed by atoms with Gasteiger partial charge in [-0.15, -0.1) is 0 Å². The SMILES string of the molecule is F/C(=C\C(F)(F)F)C1CCC(C2OCC(C3CCC(CCC4CCCCC4)CC3)CO2)CC1. The van der Waals surface area contributed by atoms with Crippen LogP contribution in [0.15, 0.2) is 11.9 Å². The van der Waals surface area contributed by atoms with E-state index in [2.05, 4.69) is 0 Å². The number of halogens is 4. The van der Waals surface area contributed by atoms with E-state index >= 15 is 0 Å². The largest absolute Gasteiger partial charge is 0.412 e. The molecule has 0 N–H and O–H groups in total. The van der Waals surface area contributed by atoms with Gasteiger partial charge in [0.1, 0.15) is 5.83 Å². The highest BCUT2D eigenvalue weighted by atomic mass is 19.4. The standard InChI is InChI=1S/C27H42F4O2/c28-25(16-27(29,30)31)22-12-14-23(15-13-22)26-32-17-24(18-33-26)21-10-8-20(9-11-21)7-6-19-4-2-1-3-5-19/h16,19-24,26H,1-15,17-18H2/b25-16-. The van der Waals surface area contributed by atoms with Crippen molar-refractivity contribution in [3.8, 4) is 0 Å². The number of rotatable bonds is 6. The lowest BCUT2D eigenvalue weighted by Gasteiger charge is -2.41. The maximum absolute atomic E-state index is 13.9.